The maximum atomic E-state index is 11.6. The molecule has 0 aromatic carbocycles. The van der Waals surface area contributed by atoms with Crippen molar-refractivity contribution in [2.24, 2.45) is 0 Å². The molecular formula is C13H27N3OS. The quantitative estimate of drug-likeness (QED) is 0.779. The lowest BCUT2D eigenvalue weighted by Gasteiger charge is -2.33. The fourth-order valence-corrected chi connectivity index (χ4v) is 2.31. The molecule has 1 unspecified atom stereocenters. The van der Waals surface area contributed by atoms with Crippen LogP contribution in [0.1, 0.15) is 19.8 Å². The van der Waals surface area contributed by atoms with Crippen molar-refractivity contribution < 1.29 is 4.79 Å². The van der Waals surface area contributed by atoms with E-state index < -0.39 is 0 Å². The third kappa shape index (κ3) is 5.59. The van der Waals surface area contributed by atoms with Crippen LogP contribution in [0.4, 0.5) is 0 Å². The van der Waals surface area contributed by atoms with Crippen LogP contribution in [0.5, 0.6) is 0 Å². The number of carbonyl (C=O) groups is 1. The number of nitrogens with one attached hydrogen (secondary N) is 1. The van der Waals surface area contributed by atoms with Crippen molar-refractivity contribution in [3.63, 3.8) is 0 Å². The summed E-state index contributed by atoms with van der Waals surface area (Å²) in [6.45, 7) is 5.97. The smallest absolute Gasteiger partial charge is 0.236 e. The standard InChI is InChI=1S/C13H27N3OS/c1-11(18-4)9-14-12-5-7-16(8-6-12)10-13(17)15(2)3/h11-12,14H,5-10H2,1-4H3. The van der Waals surface area contributed by atoms with Crippen LogP contribution in [0, 0.1) is 0 Å². The lowest BCUT2D eigenvalue weighted by molar-refractivity contribution is -0.130. The number of likely N-dealkylation sites (tertiary alicyclic amines) is 1. The van der Waals surface area contributed by atoms with E-state index >= 15 is 0 Å². The van der Waals surface area contributed by atoms with Crippen molar-refractivity contribution >= 4 is 17.7 Å². The van der Waals surface area contributed by atoms with Crippen LogP contribution in [0.25, 0.3) is 0 Å². The third-order valence-corrected chi connectivity index (χ3v) is 4.51. The number of nitrogens with zero attached hydrogens (tertiary/aromatic N) is 2. The lowest BCUT2D eigenvalue weighted by atomic mass is 10.0. The van der Waals surface area contributed by atoms with Gasteiger partial charge in [0.05, 0.1) is 6.54 Å². The van der Waals surface area contributed by atoms with Gasteiger partial charge in [0.2, 0.25) is 5.91 Å². The Balaban J connectivity index is 2.18. The number of likely N-dealkylation sites (N-methyl/N-ethyl adjacent to an activating group) is 1. The molecule has 0 spiro atoms. The maximum absolute atomic E-state index is 11.6. The van der Waals surface area contributed by atoms with Crippen LogP contribution in [0.3, 0.4) is 0 Å². The molecule has 0 aromatic heterocycles. The van der Waals surface area contributed by atoms with E-state index in [0.717, 1.165) is 32.5 Å². The van der Waals surface area contributed by atoms with Crippen LogP contribution in [-0.2, 0) is 4.79 Å². The number of hydrogen-bond acceptors (Lipinski definition) is 4. The Kier molecular flexibility index (Phi) is 7.04. The lowest BCUT2D eigenvalue weighted by Crippen LogP contribution is -2.46. The van der Waals surface area contributed by atoms with Gasteiger partial charge in [0.1, 0.15) is 0 Å². The van der Waals surface area contributed by atoms with E-state index in [1.54, 1.807) is 4.90 Å². The molecule has 5 heteroatoms. The van der Waals surface area contributed by atoms with Crippen LogP contribution >= 0.6 is 11.8 Å². The number of thioether (sulfide) groups is 1. The van der Waals surface area contributed by atoms with Crippen LogP contribution in [-0.4, -0.2) is 73.5 Å². The average molecular weight is 273 g/mol. The van der Waals surface area contributed by atoms with Gasteiger partial charge in [-0.2, -0.15) is 11.8 Å². The summed E-state index contributed by atoms with van der Waals surface area (Å²) in [6, 6.07) is 0.630. The fraction of sp³-hybridized carbons (Fsp3) is 0.923. The van der Waals surface area contributed by atoms with Gasteiger partial charge in [0.15, 0.2) is 0 Å². The van der Waals surface area contributed by atoms with Crippen molar-refractivity contribution in [2.75, 3.05) is 46.5 Å². The highest BCUT2D eigenvalue weighted by atomic mass is 32.2. The molecule has 1 aliphatic rings. The molecule has 1 fully saturated rings. The topological polar surface area (TPSA) is 35.6 Å². The van der Waals surface area contributed by atoms with Crippen molar-refractivity contribution in [1.82, 2.24) is 15.1 Å². The maximum Gasteiger partial charge on any atom is 0.236 e. The second-order valence-corrected chi connectivity index (χ2v) is 6.57. The Hall–Kier alpha value is -0.260. The van der Waals surface area contributed by atoms with Gasteiger partial charge >= 0.3 is 0 Å². The molecule has 1 saturated heterocycles. The monoisotopic (exact) mass is 273 g/mol. The molecule has 1 aliphatic heterocycles. The van der Waals surface area contributed by atoms with Gasteiger partial charge in [-0.05, 0) is 19.1 Å². The molecule has 0 radical (unpaired) electrons. The Labute approximate surface area is 115 Å². The summed E-state index contributed by atoms with van der Waals surface area (Å²) >= 11 is 1.90. The summed E-state index contributed by atoms with van der Waals surface area (Å²) in [5.74, 6) is 0.206. The molecule has 1 N–H and O–H groups in total. The summed E-state index contributed by atoms with van der Waals surface area (Å²) in [5, 5.41) is 4.31. The van der Waals surface area contributed by atoms with Crippen molar-refractivity contribution in [3.8, 4) is 0 Å². The van der Waals surface area contributed by atoms with E-state index in [9.17, 15) is 4.79 Å². The van der Waals surface area contributed by atoms with E-state index in [-0.39, 0.29) is 5.91 Å². The minimum absolute atomic E-state index is 0.206. The molecule has 0 aromatic rings. The molecule has 4 nitrogen and oxygen atoms in total. The van der Waals surface area contributed by atoms with Gasteiger partial charge in [-0.3, -0.25) is 9.69 Å². The number of hydrogen-bond donors (Lipinski definition) is 1. The van der Waals surface area contributed by atoms with Gasteiger partial charge in [-0.15, -0.1) is 0 Å². The zero-order valence-electron chi connectivity index (χ0n) is 12.1. The van der Waals surface area contributed by atoms with E-state index in [1.165, 1.54) is 0 Å². The first-order valence-electron chi connectivity index (χ1n) is 6.71. The van der Waals surface area contributed by atoms with Gasteiger partial charge in [-0.1, -0.05) is 6.92 Å². The second-order valence-electron chi connectivity index (χ2n) is 5.29. The summed E-state index contributed by atoms with van der Waals surface area (Å²) in [6.07, 6.45) is 4.46. The molecule has 1 atom stereocenters. The Morgan fingerprint density at radius 2 is 2.06 bits per heavy atom. The van der Waals surface area contributed by atoms with E-state index in [4.69, 9.17) is 0 Å². The van der Waals surface area contributed by atoms with Crippen molar-refractivity contribution in [3.05, 3.63) is 0 Å². The number of piperidine rings is 1. The molecule has 1 rings (SSSR count). The first-order valence-corrected chi connectivity index (χ1v) is 8.00. The SMILES string of the molecule is CSC(C)CNC1CCN(CC(=O)N(C)C)CC1. The summed E-state index contributed by atoms with van der Waals surface area (Å²) in [5.41, 5.74) is 0. The molecule has 0 saturated carbocycles. The molecule has 0 bridgehead atoms. The average Bonchev–Trinajstić information content (AvgIpc) is 2.37. The van der Waals surface area contributed by atoms with Crippen molar-refractivity contribution in [2.45, 2.75) is 31.1 Å². The van der Waals surface area contributed by atoms with Gasteiger partial charge in [0.25, 0.3) is 0 Å². The number of amides is 1. The normalized spacial score (nSPS) is 19.8. The minimum atomic E-state index is 0.206. The first kappa shape index (κ1) is 15.8. The summed E-state index contributed by atoms with van der Waals surface area (Å²) in [4.78, 5) is 15.5. The number of rotatable bonds is 6. The molecular weight excluding hydrogens is 246 g/mol. The molecule has 1 heterocycles. The predicted octanol–water partition coefficient (Wildman–Crippen LogP) is 0.880. The Morgan fingerprint density at radius 1 is 1.44 bits per heavy atom. The fourth-order valence-electron chi connectivity index (χ4n) is 2.04. The largest absolute Gasteiger partial charge is 0.348 e. The molecule has 18 heavy (non-hydrogen) atoms. The zero-order valence-corrected chi connectivity index (χ0v) is 12.9. The minimum Gasteiger partial charge on any atom is -0.348 e. The second kappa shape index (κ2) is 8.02. The highest BCUT2D eigenvalue weighted by molar-refractivity contribution is 7.99. The van der Waals surface area contributed by atoms with E-state index in [2.05, 4.69) is 23.4 Å². The van der Waals surface area contributed by atoms with Gasteiger partial charge in [0, 0.05) is 45.0 Å². The van der Waals surface area contributed by atoms with Gasteiger partial charge in [-0.25, -0.2) is 0 Å². The Morgan fingerprint density at radius 3 is 2.56 bits per heavy atom. The molecule has 106 valence electrons. The highest BCUT2D eigenvalue weighted by Crippen LogP contribution is 2.11. The van der Waals surface area contributed by atoms with Crippen molar-refractivity contribution in [1.29, 1.82) is 0 Å². The molecule has 0 aliphatic carbocycles. The zero-order chi connectivity index (χ0) is 13.5. The van der Waals surface area contributed by atoms with Gasteiger partial charge < -0.3 is 10.2 Å². The summed E-state index contributed by atoms with van der Waals surface area (Å²) < 4.78 is 0. The van der Waals surface area contributed by atoms with Crippen LogP contribution < -0.4 is 5.32 Å². The Bertz CT molecular complexity index is 253. The highest BCUT2D eigenvalue weighted by Gasteiger charge is 2.21. The first-order chi connectivity index (χ1) is 8.52. The summed E-state index contributed by atoms with van der Waals surface area (Å²) in [7, 11) is 3.64. The van der Waals surface area contributed by atoms with E-state index in [0.29, 0.717) is 17.8 Å². The third-order valence-electron chi connectivity index (χ3n) is 3.54. The predicted molar refractivity (Wildman–Crippen MR) is 79.1 cm³/mol. The van der Waals surface area contributed by atoms with E-state index in [1.807, 2.05) is 25.9 Å². The number of carbonyl (C=O) groups excluding carboxylic acids is 1. The van der Waals surface area contributed by atoms with Crippen LogP contribution in [0.15, 0.2) is 0 Å². The van der Waals surface area contributed by atoms with Crippen LogP contribution in [0.2, 0.25) is 0 Å². The molecule has 1 amide bonds.